The van der Waals surface area contributed by atoms with Crippen LogP contribution in [0.3, 0.4) is 0 Å². The van der Waals surface area contributed by atoms with Crippen molar-refractivity contribution in [3.8, 4) is 0 Å². The fourth-order valence-electron chi connectivity index (χ4n) is 1.72. The zero-order chi connectivity index (χ0) is 13.1. The number of anilines is 1. The molecule has 0 aliphatic carbocycles. The van der Waals surface area contributed by atoms with Crippen molar-refractivity contribution >= 4 is 28.9 Å². The van der Waals surface area contributed by atoms with Crippen LogP contribution in [-0.2, 0) is 9.53 Å². The van der Waals surface area contributed by atoms with Crippen molar-refractivity contribution in [3.05, 3.63) is 33.3 Å². The lowest BCUT2D eigenvalue weighted by atomic mass is 10.2. The Morgan fingerprint density at radius 2 is 2.33 bits per heavy atom. The Kier molecular flexibility index (Phi) is 3.78. The highest BCUT2D eigenvalue weighted by molar-refractivity contribution is 6.34. The Bertz CT molecular complexity index is 486. The molecule has 1 N–H and O–H groups in total. The molecule has 96 valence electrons. The van der Waals surface area contributed by atoms with E-state index in [4.69, 9.17) is 16.3 Å². The molecule has 1 atom stereocenters. The summed E-state index contributed by atoms with van der Waals surface area (Å²) in [5, 5.41) is 13.3. The molecule has 2 rings (SSSR count). The summed E-state index contributed by atoms with van der Waals surface area (Å²) in [6, 6.07) is 3.90. The van der Waals surface area contributed by atoms with Crippen LogP contribution in [0, 0.1) is 10.1 Å². The second kappa shape index (κ2) is 5.32. The fraction of sp³-hybridized carbons (Fsp3) is 0.364. The summed E-state index contributed by atoms with van der Waals surface area (Å²) in [6.07, 6.45) is 1.07. The SMILES string of the molecule is O=C(Nc1ccc([N+](=O)[O-])cc1Cl)C1CCCO1. The molecule has 0 saturated carbocycles. The number of amides is 1. The molecule has 1 fully saturated rings. The van der Waals surface area contributed by atoms with Gasteiger partial charge >= 0.3 is 0 Å². The standard InChI is InChI=1S/C11H11ClN2O4/c12-8-6-7(14(16)17)3-4-9(8)13-11(15)10-2-1-5-18-10/h3-4,6,10H,1-2,5H2,(H,13,15). The normalized spacial score (nSPS) is 18.6. The van der Waals surface area contributed by atoms with E-state index in [2.05, 4.69) is 5.32 Å². The third-order valence-electron chi connectivity index (χ3n) is 2.64. The number of carbonyl (C=O) groups excluding carboxylic acids is 1. The minimum absolute atomic E-state index is 0.116. The van der Waals surface area contributed by atoms with Crippen LogP contribution < -0.4 is 5.32 Å². The van der Waals surface area contributed by atoms with Gasteiger partial charge in [-0.25, -0.2) is 0 Å². The Labute approximate surface area is 108 Å². The van der Waals surface area contributed by atoms with Crippen LogP contribution in [0.1, 0.15) is 12.8 Å². The number of nitro benzene ring substituents is 1. The minimum atomic E-state index is -0.544. The van der Waals surface area contributed by atoms with Crippen molar-refractivity contribution < 1.29 is 14.5 Å². The lowest BCUT2D eigenvalue weighted by molar-refractivity contribution is -0.384. The number of hydrogen-bond acceptors (Lipinski definition) is 4. The Morgan fingerprint density at radius 1 is 1.56 bits per heavy atom. The molecule has 1 saturated heterocycles. The molecule has 0 aromatic heterocycles. The van der Waals surface area contributed by atoms with Crippen molar-refractivity contribution in [2.75, 3.05) is 11.9 Å². The highest BCUT2D eigenvalue weighted by Crippen LogP contribution is 2.27. The first-order valence-electron chi connectivity index (χ1n) is 5.44. The van der Waals surface area contributed by atoms with Crippen LogP contribution in [0.25, 0.3) is 0 Å². The van der Waals surface area contributed by atoms with E-state index in [9.17, 15) is 14.9 Å². The minimum Gasteiger partial charge on any atom is -0.368 e. The van der Waals surface area contributed by atoms with Crippen LogP contribution in [-0.4, -0.2) is 23.5 Å². The Morgan fingerprint density at radius 3 is 2.89 bits per heavy atom. The maximum absolute atomic E-state index is 11.8. The van der Waals surface area contributed by atoms with E-state index in [1.165, 1.54) is 18.2 Å². The molecule has 0 spiro atoms. The third-order valence-corrected chi connectivity index (χ3v) is 2.96. The molecular weight excluding hydrogens is 260 g/mol. The number of nitro groups is 1. The third kappa shape index (κ3) is 2.77. The van der Waals surface area contributed by atoms with Gasteiger partial charge in [-0.2, -0.15) is 0 Å². The van der Waals surface area contributed by atoms with Gasteiger partial charge in [0.05, 0.1) is 15.6 Å². The molecule has 1 heterocycles. The number of nitrogens with one attached hydrogen (secondary N) is 1. The largest absolute Gasteiger partial charge is 0.368 e. The Hall–Kier alpha value is -1.66. The molecule has 0 bridgehead atoms. The first-order chi connectivity index (χ1) is 8.58. The van der Waals surface area contributed by atoms with Crippen molar-refractivity contribution in [2.24, 2.45) is 0 Å². The van der Waals surface area contributed by atoms with Crippen molar-refractivity contribution in [2.45, 2.75) is 18.9 Å². The number of nitrogens with zero attached hydrogens (tertiary/aromatic N) is 1. The van der Waals surface area contributed by atoms with Crippen LogP contribution in [0.4, 0.5) is 11.4 Å². The number of benzene rings is 1. The molecule has 1 aliphatic rings. The van der Waals surface area contributed by atoms with E-state index < -0.39 is 11.0 Å². The number of non-ortho nitro benzene ring substituents is 1. The summed E-state index contributed by atoms with van der Waals surface area (Å²) >= 11 is 5.86. The van der Waals surface area contributed by atoms with Crippen LogP contribution >= 0.6 is 11.6 Å². The summed E-state index contributed by atoms with van der Waals surface area (Å²) in [6.45, 7) is 0.575. The van der Waals surface area contributed by atoms with E-state index in [1.54, 1.807) is 0 Å². The topological polar surface area (TPSA) is 81.5 Å². The van der Waals surface area contributed by atoms with Crippen molar-refractivity contribution in [1.29, 1.82) is 0 Å². The number of halogens is 1. The highest BCUT2D eigenvalue weighted by atomic mass is 35.5. The molecule has 1 amide bonds. The van der Waals surface area contributed by atoms with Gasteiger partial charge in [-0.05, 0) is 18.9 Å². The van der Waals surface area contributed by atoms with Gasteiger partial charge in [0.25, 0.3) is 11.6 Å². The van der Waals surface area contributed by atoms with Crippen molar-refractivity contribution in [1.82, 2.24) is 0 Å². The van der Waals surface area contributed by atoms with Gasteiger partial charge in [-0.1, -0.05) is 11.6 Å². The average Bonchev–Trinajstić information content (AvgIpc) is 2.85. The molecule has 6 nitrogen and oxygen atoms in total. The molecule has 1 aromatic rings. The van der Waals surface area contributed by atoms with Gasteiger partial charge in [0.15, 0.2) is 0 Å². The maximum Gasteiger partial charge on any atom is 0.271 e. The second-order valence-corrected chi connectivity index (χ2v) is 4.32. The predicted octanol–water partition coefficient (Wildman–Crippen LogP) is 2.37. The van der Waals surface area contributed by atoms with E-state index in [1.807, 2.05) is 0 Å². The van der Waals surface area contributed by atoms with Crippen LogP contribution in [0.5, 0.6) is 0 Å². The number of carbonyl (C=O) groups is 1. The van der Waals surface area contributed by atoms with Gasteiger partial charge < -0.3 is 10.1 Å². The van der Waals surface area contributed by atoms with Crippen LogP contribution in [0.15, 0.2) is 18.2 Å². The van der Waals surface area contributed by atoms with E-state index in [0.29, 0.717) is 18.7 Å². The Balaban J connectivity index is 2.09. The molecule has 0 radical (unpaired) electrons. The predicted molar refractivity (Wildman–Crippen MR) is 65.7 cm³/mol. The lowest BCUT2D eigenvalue weighted by Gasteiger charge is -2.11. The molecule has 1 aromatic carbocycles. The summed E-state index contributed by atoms with van der Waals surface area (Å²) in [7, 11) is 0. The van der Waals surface area contributed by atoms with Crippen molar-refractivity contribution in [3.63, 3.8) is 0 Å². The second-order valence-electron chi connectivity index (χ2n) is 3.91. The van der Waals surface area contributed by atoms with E-state index >= 15 is 0 Å². The zero-order valence-corrected chi connectivity index (χ0v) is 10.1. The zero-order valence-electron chi connectivity index (χ0n) is 9.39. The average molecular weight is 271 g/mol. The maximum atomic E-state index is 11.8. The monoisotopic (exact) mass is 270 g/mol. The molecule has 7 heteroatoms. The summed E-state index contributed by atoms with van der Waals surface area (Å²) < 4.78 is 5.23. The molecular formula is C11H11ClN2O4. The number of rotatable bonds is 3. The lowest BCUT2D eigenvalue weighted by Crippen LogP contribution is -2.26. The first-order valence-corrected chi connectivity index (χ1v) is 5.82. The first kappa shape index (κ1) is 12.8. The van der Waals surface area contributed by atoms with E-state index in [0.717, 1.165) is 6.42 Å². The summed E-state index contributed by atoms with van der Waals surface area (Å²) in [5.41, 5.74) is 0.234. The van der Waals surface area contributed by atoms with Gasteiger partial charge in [-0.3, -0.25) is 14.9 Å². The highest BCUT2D eigenvalue weighted by Gasteiger charge is 2.24. The molecule has 1 aliphatic heterocycles. The van der Waals surface area contributed by atoms with Gasteiger partial charge in [-0.15, -0.1) is 0 Å². The molecule has 1 unspecified atom stereocenters. The fourth-order valence-corrected chi connectivity index (χ4v) is 1.94. The van der Waals surface area contributed by atoms with Gasteiger partial charge in [0.2, 0.25) is 0 Å². The van der Waals surface area contributed by atoms with Gasteiger partial charge in [0, 0.05) is 18.7 Å². The van der Waals surface area contributed by atoms with Crippen LogP contribution in [0.2, 0.25) is 5.02 Å². The quantitative estimate of drug-likeness (QED) is 0.675. The van der Waals surface area contributed by atoms with Gasteiger partial charge in [0.1, 0.15) is 6.10 Å². The summed E-state index contributed by atoms with van der Waals surface area (Å²) in [5.74, 6) is -0.275. The number of ether oxygens (including phenoxy) is 1. The molecule has 18 heavy (non-hydrogen) atoms. The van der Waals surface area contributed by atoms with E-state index in [-0.39, 0.29) is 16.6 Å². The number of hydrogen-bond donors (Lipinski definition) is 1. The smallest absolute Gasteiger partial charge is 0.271 e. The summed E-state index contributed by atoms with van der Waals surface area (Å²) in [4.78, 5) is 21.7.